The van der Waals surface area contributed by atoms with Crippen molar-refractivity contribution in [1.29, 1.82) is 0 Å². The van der Waals surface area contributed by atoms with Crippen LogP contribution >= 0.6 is 0 Å². The van der Waals surface area contributed by atoms with Crippen LogP contribution < -0.4 is 5.32 Å². The molecule has 1 N–H and O–H groups in total. The molecule has 1 heterocycles. The molecule has 1 aliphatic rings. The second kappa shape index (κ2) is 4.94. The van der Waals surface area contributed by atoms with Crippen LogP contribution in [0.1, 0.15) is 33.6 Å². The van der Waals surface area contributed by atoms with Crippen molar-refractivity contribution in [2.45, 2.75) is 51.3 Å². The van der Waals surface area contributed by atoms with Crippen molar-refractivity contribution in [3.05, 3.63) is 0 Å². The van der Waals surface area contributed by atoms with E-state index in [-0.39, 0.29) is 17.6 Å². The van der Waals surface area contributed by atoms with Crippen LogP contribution in [0.4, 0.5) is 0 Å². The minimum atomic E-state index is -0.242. The molecule has 1 saturated heterocycles. The first kappa shape index (κ1) is 12.5. The standard InChI is InChI=1S/C11H21NO3/c1-8(10(13)14-4)12-9-5-6-15-11(2,3)7-9/h8-9,12H,5-7H2,1-4H3/t8-,9?/m0/s1. The highest BCUT2D eigenvalue weighted by Gasteiger charge is 2.30. The summed E-state index contributed by atoms with van der Waals surface area (Å²) in [6.45, 7) is 6.72. The molecular formula is C11H21NO3. The van der Waals surface area contributed by atoms with Gasteiger partial charge in [-0.25, -0.2) is 0 Å². The molecule has 0 aromatic carbocycles. The van der Waals surface area contributed by atoms with E-state index in [0.29, 0.717) is 6.04 Å². The summed E-state index contributed by atoms with van der Waals surface area (Å²) in [5, 5.41) is 3.27. The van der Waals surface area contributed by atoms with Gasteiger partial charge in [0.25, 0.3) is 0 Å². The molecule has 15 heavy (non-hydrogen) atoms. The lowest BCUT2D eigenvalue weighted by atomic mass is 9.93. The lowest BCUT2D eigenvalue weighted by molar-refractivity contribution is -0.143. The van der Waals surface area contributed by atoms with E-state index in [4.69, 9.17) is 4.74 Å². The third-order valence-electron chi connectivity index (χ3n) is 2.74. The van der Waals surface area contributed by atoms with E-state index in [1.807, 2.05) is 6.92 Å². The van der Waals surface area contributed by atoms with Gasteiger partial charge in [-0.2, -0.15) is 0 Å². The zero-order chi connectivity index (χ0) is 11.5. The number of nitrogens with one attached hydrogen (secondary N) is 1. The van der Waals surface area contributed by atoms with Gasteiger partial charge < -0.3 is 14.8 Å². The topological polar surface area (TPSA) is 47.6 Å². The van der Waals surface area contributed by atoms with Crippen LogP contribution in [0.15, 0.2) is 0 Å². The van der Waals surface area contributed by atoms with Gasteiger partial charge in [0.15, 0.2) is 0 Å². The van der Waals surface area contributed by atoms with Crippen molar-refractivity contribution in [3.8, 4) is 0 Å². The zero-order valence-corrected chi connectivity index (χ0v) is 10.0. The number of hydrogen-bond acceptors (Lipinski definition) is 4. The maximum absolute atomic E-state index is 11.2. The lowest BCUT2D eigenvalue weighted by Gasteiger charge is -2.36. The molecule has 1 aliphatic heterocycles. The number of ether oxygens (including phenoxy) is 2. The van der Waals surface area contributed by atoms with Crippen molar-refractivity contribution in [3.63, 3.8) is 0 Å². The summed E-state index contributed by atoms with van der Waals surface area (Å²) >= 11 is 0. The summed E-state index contributed by atoms with van der Waals surface area (Å²) < 4.78 is 10.3. The molecule has 0 radical (unpaired) electrons. The molecule has 1 rings (SSSR count). The molecule has 88 valence electrons. The number of carbonyl (C=O) groups is 1. The average Bonchev–Trinajstić information content (AvgIpc) is 2.14. The zero-order valence-electron chi connectivity index (χ0n) is 10.0. The first-order chi connectivity index (χ1) is 6.94. The van der Waals surface area contributed by atoms with Crippen LogP contribution in [0.3, 0.4) is 0 Å². The van der Waals surface area contributed by atoms with Gasteiger partial charge in [0.05, 0.1) is 12.7 Å². The van der Waals surface area contributed by atoms with Crippen LogP contribution in [0.5, 0.6) is 0 Å². The molecule has 1 fully saturated rings. The van der Waals surface area contributed by atoms with Gasteiger partial charge in [0.1, 0.15) is 6.04 Å². The van der Waals surface area contributed by atoms with E-state index >= 15 is 0 Å². The van der Waals surface area contributed by atoms with Gasteiger partial charge in [0, 0.05) is 12.6 Å². The van der Waals surface area contributed by atoms with Gasteiger partial charge in [-0.05, 0) is 33.6 Å². The minimum absolute atomic E-state index is 0.0915. The third kappa shape index (κ3) is 3.80. The molecule has 0 aromatic rings. The summed E-state index contributed by atoms with van der Waals surface area (Å²) in [5.41, 5.74) is -0.0915. The van der Waals surface area contributed by atoms with Crippen LogP contribution in [-0.4, -0.2) is 37.4 Å². The molecule has 0 saturated carbocycles. The summed E-state index contributed by atoms with van der Waals surface area (Å²) in [6, 6.07) is 0.0942. The third-order valence-corrected chi connectivity index (χ3v) is 2.74. The molecule has 0 bridgehead atoms. The fourth-order valence-corrected chi connectivity index (χ4v) is 1.97. The highest BCUT2D eigenvalue weighted by atomic mass is 16.5. The minimum Gasteiger partial charge on any atom is -0.468 e. The Balaban J connectivity index is 2.41. The number of esters is 1. The number of methoxy groups -OCH3 is 1. The highest BCUT2D eigenvalue weighted by Crippen LogP contribution is 2.24. The molecule has 4 nitrogen and oxygen atoms in total. The second-order valence-electron chi connectivity index (χ2n) is 4.71. The van der Waals surface area contributed by atoms with Crippen LogP contribution in [-0.2, 0) is 14.3 Å². The maximum Gasteiger partial charge on any atom is 0.322 e. The summed E-state index contributed by atoms with van der Waals surface area (Å²) in [6.07, 6.45) is 1.87. The van der Waals surface area contributed by atoms with Crippen molar-refractivity contribution in [2.24, 2.45) is 0 Å². The predicted octanol–water partition coefficient (Wildman–Crippen LogP) is 1.10. The van der Waals surface area contributed by atoms with Gasteiger partial charge in [-0.15, -0.1) is 0 Å². The molecule has 0 aromatic heterocycles. The lowest BCUT2D eigenvalue weighted by Crippen LogP contribution is -2.48. The Kier molecular flexibility index (Phi) is 4.11. The van der Waals surface area contributed by atoms with Crippen LogP contribution in [0.25, 0.3) is 0 Å². The van der Waals surface area contributed by atoms with Crippen LogP contribution in [0.2, 0.25) is 0 Å². The Hall–Kier alpha value is -0.610. The molecule has 0 spiro atoms. The summed E-state index contributed by atoms with van der Waals surface area (Å²) in [4.78, 5) is 11.2. The second-order valence-corrected chi connectivity index (χ2v) is 4.71. The SMILES string of the molecule is COC(=O)[C@H](C)NC1CCOC(C)(C)C1. The Labute approximate surface area is 91.3 Å². The Bertz CT molecular complexity index is 228. The van der Waals surface area contributed by atoms with E-state index in [2.05, 4.69) is 23.9 Å². The number of hydrogen-bond donors (Lipinski definition) is 1. The molecular weight excluding hydrogens is 194 g/mol. The molecule has 0 amide bonds. The first-order valence-corrected chi connectivity index (χ1v) is 5.42. The average molecular weight is 215 g/mol. The highest BCUT2D eigenvalue weighted by molar-refractivity contribution is 5.75. The first-order valence-electron chi connectivity index (χ1n) is 5.42. The largest absolute Gasteiger partial charge is 0.468 e. The van der Waals surface area contributed by atoms with E-state index in [0.717, 1.165) is 19.4 Å². The molecule has 1 unspecified atom stereocenters. The van der Waals surface area contributed by atoms with E-state index < -0.39 is 0 Å². The van der Waals surface area contributed by atoms with Crippen LogP contribution in [0, 0.1) is 0 Å². The van der Waals surface area contributed by atoms with Crippen molar-refractivity contribution in [2.75, 3.05) is 13.7 Å². The number of carbonyl (C=O) groups excluding carboxylic acids is 1. The molecule has 0 aliphatic carbocycles. The smallest absolute Gasteiger partial charge is 0.322 e. The molecule has 4 heteroatoms. The fourth-order valence-electron chi connectivity index (χ4n) is 1.97. The Morgan fingerprint density at radius 1 is 1.60 bits per heavy atom. The normalized spacial score (nSPS) is 27.1. The predicted molar refractivity (Wildman–Crippen MR) is 57.7 cm³/mol. The Morgan fingerprint density at radius 2 is 2.27 bits per heavy atom. The van der Waals surface area contributed by atoms with E-state index in [1.165, 1.54) is 7.11 Å². The summed E-state index contributed by atoms with van der Waals surface area (Å²) in [7, 11) is 1.41. The quantitative estimate of drug-likeness (QED) is 0.716. The van der Waals surface area contributed by atoms with E-state index in [9.17, 15) is 4.79 Å². The number of rotatable bonds is 3. The van der Waals surface area contributed by atoms with Gasteiger partial charge >= 0.3 is 5.97 Å². The van der Waals surface area contributed by atoms with Crippen molar-refractivity contribution < 1.29 is 14.3 Å². The maximum atomic E-state index is 11.2. The van der Waals surface area contributed by atoms with Crippen molar-refractivity contribution in [1.82, 2.24) is 5.32 Å². The summed E-state index contributed by atoms with van der Waals surface area (Å²) in [5.74, 6) is -0.209. The van der Waals surface area contributed by atoms with Gasteiger partial charge in [-0.3, -0.25) is 4.79 Å². The monoisotopic (exact) mass is 215 g/mol. The van der Waals surface area contributed by atoms with E-state index in [1.54, 1.807) is 0 Å². The van der Waals surface area contributed by atoms with Gasteiger partial charge in [-0.1, -0.05) is 0 Å². The fraction of sp³-hybridized carbons (Fsp3) is 0.909. The van der Waals surface area contributed by atoms with Crippen molar-refractivity contribution >= 4 is 5.97 Å². The molecule has 2 atom stereocenters. The van der Waals surface area contributed by atoms with Gasteiger partial charge in [0.2, 0.25) is 0 Å². The Morgan fingerprint density at radius 3 is 2.80 bits per heavy atom.